The minimum absolute atomic E-state index is 0.178. The number of aliphatic imine (C=N–C) groups is 1. The molecule has 1 fully saturated rings. The molecule has 0 saturated carbocycles. The molecule has 0 atom stereocenters. The van der Waals surface area contributed by atoms with Gasteiger partial charge in [0, 0.05) is 33.9 Å². The molecule has 7 nitrogen and oxygen atoms in total. The fraction of sp³-hybridized carbons (Fsp3) is 0.147. The van der Waals surface area contributed by atoms with Crippen molar-refractivity contribution in [2.75, 3.05) is 6.61 Å². The number of benzene rings is 4. The lowest BCUT2D eigenvalue weighted by Crippen LogP contribution is -2.29. The van der Waals surface area contributed by atoms with Crippen molar-refractivity contribution in [3.63, 3.8) is 0 Å². The first-order valence-corrected chi connectivity index (χ1v) is 13.7. The standard InChI is InChI=1S/C34H29N3O4/c1-3-36-30-8-6-5-7-28(30)29-19-25(13-18-31(29)36)20-32-33(39)37(21-23-11-16-27(17-12-23)40-4-2)34(41-32)35-26-14-9-24(22-38)10-15-26/h5-20,22H,3-4,21H2,1-2H3/b32-20+,35-34+. The molecule has 0 N–H and O–H groups in total. The summed E-state index contributed by atoms with van der Waals surface area (Å²) in [5.74, 6) is 0.681. The number of rotatable bonds is 8. The second-order valence-electron chi connectivity index (χ2n) is 9.72. The van der Waals surface area contributed by atoms with Crippen LogP contribution < -0.4 is 4.74 Å². The smallest absolute Gasteiger partial charge is 0.305 e. The topological polar surface area (TPSA) is 73.1 Å². The Kier molecular flexibility index (Phi) is 7.08. The number of nitrogens with zero attached hydrogens (tertiary/aromatic N) is 3. The van der Waals surface area contributed by atoms with Crippen LogP contribution in [0, 0.1) is 0 Å². The number of amidine groups is 1. The van der Waals surface area contributed by atoms with Crippen LogP contribution in [0.4, 0.5) is 5.69 Å². The summed E-state index contributed by atoms with van der Waals surface area (Å²) in [5, 5.41) is 2.29. The minimum atomic E-state index is -0.279. The van der Waals surface area contributed by atoms with E-state index in [1.165, 1.54) is 15.8 Å². The number of para-hydroxylation sites is 1. The van der Waals surface area contributed by atoms with Crippen LogP contribution in [0.1, 0.15) is 35.3 Å². The van der Waals surface area contributed by atoms with E-state index in [1.54, 1.807) is 30.3 Å². The maximum atomic E-state index is 13.7. The maximum absolute atomic E-state index is 13.7. The third-order valence-corrected chi connectivity index (χ3v) is 7.13. The molecule has 0 spiro atoms. The molecule has 0 aliphatic carbocycles. The van der Waals surface area contributed by atoms with Gasteiger partial charge in [0.25, 0.3) is 5.91 Å². The average Bonchev–Trinajstić information content (AvgIpc) is 3.47. The molecule has 5 aromatic rings. The molecule has 204 valence electrons. The van der Waals surface area contributed by atoms with Gasteiger partial charge in [-0.15, -0.1) is 0 Å². The highest BCUT2D eigenvalue weighted by Gasteiger charge is 2.35. The van der Waals surface area contributed by atoms with E-state index in [9.17, 15) is 9.59 Å². The number of aromatic nitrogens is 1. The van der Waals surface area contributed by atoms with Crippen LogP contribution in [-0.2, 0) is 22.6 Å². The van der Waals surface area contributed by atoms with Crippen LogP contribution in [-0.4, -0.2) is 34.3 Å². The minimum Gasteiger partial charge on any atom is -0.494 e. The summed E-state index contributed by atoms with van der Waals surface area (Å²) in [6.45, 7) is 5.79. The summed E-state index contributed by atoms with van der Waals surface area (Å²) in [5.41, 5.74) is 5.21. The summed E-state index contributed by atoms with van der Waals surface area (Å²) in [6, 6.07) is 29.1. The molecular formula is C34H29N3O4. The molecule has 0 unspecified atom stereocenters. The Labute approximate surface area is 237 Å². The monoisotopic (exact) mass is 543 g/mol. The molecule has 1 saturated heterocycles. The Morgan fingerprint density at radius 1 is 0.854 bits per heavy atom. The molecule has 6 rings (SSSR count). The van der Waals surface area contributed by atoms with Crippen LogP contribution in [0.2, 0.25) is 0 Å². The molecular weight excluding hydrogens is 514 g/mol. The number of aryl methyl sites for hydroxylation is 1. The molecule has 1 aromatic heterocycles. The van der Waals surface area contributed by atoms with E-state index in [4.69, 9.17) is 9.47 Å². The van der Waals surface area contributed by atoms with E-state index in [-0.39, 0.29) is 24.2 Å². The number of amides is 1. The van der Waals surface area contributed by atoms with Crippen molar-refractivity contribution in [1.82, 2.24) is 9.47 Å². The van der Waals surface area contributed by atoms with Crippen molar-refractivity contribution in [3.8, 4) is 5.75 Å². The molecule has 1 aliphatic heterocycles. The highest BCUT2D eigenvalue weighted by molar-refractivity contribution is 6.12. The quantitative estimate of drug-likeness (QED) is 0.154. The van der Waals surface area contributed by atoms with Crippen LogP contribution >= 0.6 is 0 Å². The molecule has 7 heteroatoms. The molecule has 1 aliphatic rings. The van der Waals surface area contributed by atoms with Crippen LogP contribution in [0.15, 0.2) is 102 Å². The lowest BCUT2D eigenvalue weighted by molar-refractivity contribution is -0.123. The summed E-state index contributed by atoms with van der Waals surface area (Å²) >= 11 is 0. The van der Waals surface area contributed by atoms with E-state index in [0.29, 0.717) is 17.9 Å². The van der Waals surface area contributed by atoms with E-state index >= 15 is 0 Å². The summed E-state index contributed by atoms with van der Waals surface area (Å²) in [6.07, 6.45) is 2.54. The molecule has 0 radical (unpaired) electrons. The number of fused-ring (bicyclic) bond motifs is 3. The highest BCUT2D eigenvalue weighted by atomic mass is 16.5. The fourth-order valence-electron chi connectivity index (χ4n) is 5.16. The van der Waals surface area contributed by atoms with Gasteiger partial charge in [0.15, 0.2) is 5.76 Å². The first kappa shape index (κ1) is 26.1. The van der Waals surface area contributed by atoms with Crippen molar-refractivity contribution < 1.29 is 19.1 Å². The Bertz CT molecular complexity index is 1820. The van der Waals surface area contributed by atoms with Gasteiger partial charge < -0.3 is 14.0 Å². The fourth-order valence-corrected chi connectivity index (χ4v) is 5.16. The number of hydrogen-bond donors (Lipinski definition) is 0. The Hall–Kier alpha value is -5.17. The number of carbonyl (C=O) groups is 2. The van der Waals surface area contributed by atoms with Gasteiger partial charge in [-0.25, -0.2) is 0 Å². The molecule has 1 amide bonds. The van der Waals surface area contributed by atoms with Crippen molar-refractivity contribution in [1.29, 1.82) is 0 Å². The zero-order valence-corrected chi connectivity index (χ0v) is 22.9. The van der Waals surface area contributed by atoms with Crippen molar-refractivity contribution in [2.24, 2.45) is 4.99 Å². The van der Waals surface area contributed by atoms with Gasteiger partial charge in [-0.1, -0.05) is 36.4 Å². The second kappa shape index (κ2) is 11.1. The van der Waals surface area contributed by atoms with Crippen LogP contribution in [0.3, 0.4) is 0 Å². The van der Waals surface area contributed by atoms with Crippen molar-refractivity contribution in [2.45, 2.75) is 26.9 Å². The van der Waals surface area contributed by atoms with Gasteiger partial charge in [0.05, 0.1) is 18.8 Å². The summed E-state index contributed by atoms with van der Waals surface area (Å²) in [4.78, 5) is 30.9. The average molecular weight is 544 g/mol. The van der Waals surface area contributed by atoms with Gasteiger partial charge in [-0.2, -0.15) is 4.99 Å². The molecule has 41 heavy (non-hydrogen) atoms. The van der Waals surface area contributed by atoms with Crippen molar-refractivity contribution in [3.05, 3.63) is 113 Å². The lowest BCUT2D eigenvalue weighted by Gasteiger charge is -2.14. The van der Waals surface area contributed by atoms with Gasteiger partial charge in [0.1, 0.15) is 12.0 Å². The van der Waals surface area contributed by atoms with Gasteiger partial charge in [-0.3, -0.25) is 14.5 Å². The maximum Gasteiger partial charge on any atom is 0.305 e. The Balaban J connectivity index is 1.37. The first-order valence-electron chi connectivity index (χ1n) is 13.7. The number of carbonyl (C=O) groups excluding carboxylic acids is 2. The van der Waals surface area contributed by atoms with E-state index < -0.39 is 0 Å². The van der Waals surface area contributed by atoms with Crippen molar-refractivity contribution >= 4 is 51.8 Å². The molecule has 2 heterocycles. The van der Waals surface area contributed by atoms with Gasteiger partial charge in [0.2, 0.25) is 0 Å². The Morgan fingerprint density at radius 3 is 2.32 bits per heavy atom. The third kappa shape index (κ3) is 5.10. The first-order chi connectivity index (χ1) is 20.1. The number of hydrogen-bond acceptors (Lipinski definition) is 5. The number of aldehydes is 1. The van der Waals surface area contributed by atoms with E-state index in [1.807, 2.05) is 49.4 Å². The van der Waals surface area contributed by atoms with Crippen LogP contribution in [0.25, 0.3) is 27.9 Å². The van der Waals surface area contributed by atoms with Gasteiger partial charge >= 0.3 is 6.02 Å². The lowest BCUT2D eigenvalue weighted by atomic mass is 10.1. The zero-order valence-electron chi connectivity index (χ0n) is 22.9. The summed E-state index contributed by atoms with van der Waals surface area (Å²) in [7, 11) is 0. The molecule has 4 aromatic carbocycles. The largest absolute Gasteiger partial charge is 0.494 e. The highest BCUT2D eigenvalue weighted by Crippen LogP contribution is 2.31. The van der Waals surface area contributed by atoms with E-state index in [0.717, 1.165) is 40.6 Å². The SMILES string of the molecule is CCOc1ccc(CN2C(=O)/C(=C\c3ccc4c(c3)c3ccccc3n4CC)O/C2=N/c2ccc(C=O)cc2)cc1. The normalized spacial score (nSPS) is 15.3. The van der Waals surface area contributed by atoms with E-state index in [2.05, 4.69) is 40.7 Å². The predicted octanol–water partition coefficient (Wildman–Crippen LogP) is 7.11. The molecule has 0 bridgehead atoms. The zero-order chi connectivity index (χ0) is 28.3. The second-order valence-corrected chi connectivity index (χ2v) is 9.72. The van der Waals surface area contributed by atoms with Crippen LogP contribution in [0.5, 0.6) is 5.75 Å². The third-order valence-electron chi connectivity index (χ3n) is 7.13. The Morgan fingerprint density at radius 2 is 1.59 bits per heavy atom. The van der Waals surface area contributed by atoms with Gasteiger partial charge in [-0.05, 0) is 85.6 Å². The predicted molar refractivity (Wildman–Crippen MR) is 161 cm³/mol. The number of ether oxygens (including phenoxy) is 2. The summed E-state index contributed by atoms with van der Waals surface area (Å²) < 4.78 is 13.9.